The predicted octanol–water partition coefficient (Wildman–Crippen LogP) is 2.04. The molecule has 0 amide bonds. The van der Waals surface area contributed by atoms with Gasteiger partial charge in [-0.2, -0.15) is 0 Å². The smallest absolute Gasteiger partial charge is 0.151 e. The number of hydrogen-bond acceptors (Lipinski definition) is 2. The third kappa shape index (κ3) is 1.74. The molecule has 1 aromatic heterocycles. The van der Waals surface area contributed by atoms with Gasteiger partial charge in [0.25, 0.3) is 0 Å². The summed E-state index contributed by atoms with van der Waals surface area (Å²) in [6, 6.07) is 9.10. The molecule has 3 rings (SSSR count). The summed E-state index contributed by atoms with van der Waals surface area (Å²) in [5.41, 5.74) is 1.17. The molecule has 1 aliphatic rings. The van der Waals surface area contributed by atoms with Crippen molar-refractivity contribution in [2.45, 2.75) is 25.3 Å². The first kappa shape index (κ1) is 10.2. The second-order valence-electron chi connectivity index (χ2n) is 4.66. The van der Waals surface area contributed by atoms with Crippen LogP contribution in [0.1, 0.15) is 30.3 Å². The lowest BCUT2D eigenvalue weighted by atomic mass is 10.0. The Hall–Kier alpha value is -0.930. The molecule has 0 bridgehead atoms. The Morgan fingerprint density at radius 2 is 2.19 bits per heavy atom. The second-order valence-corrected chi connectivity index (χ2v) is 5.73. The Labute approximate surface area is 99.9 Å². The second kappa shape index (κ2) is 4.15. The lowest BCUT2D eigenvalue weighted by Gasteiger charge is -2.27. The number of benzene rings is 1. The Kier molecular flexibility index (Phi) is 2.65. The fourth-order valence-electron chi connectivity index (χ4n) is 2.55. The van der Waals surface area contributed by atoms with Gasteiger partial charge in [0.15, 0.2) is 5.01 Å². The van der Waals surface area contributed by atoms with Crippen LogP contribution < -0.4 is 4.90 Å². The van der Waals surface area contributed by atoms with E-state index < -0.39 is 0 Å². The number of hydrogen-bond donors (Lipinski definition) is 1. The first-order chi connectivity index (χ1) is 7.84. The number of thiazole rings is 1. The summed E-state index contributed by atoms with van der Waals surface area (Å²) in [7, 11) is 2.30. The van der Waals surface area contributed by atoms with Crippen molar-refractivity contribution in [3.63, 3.8) is 0 Å². The third-order valence-electron chi connectivity index (χ3n) is 3.52. The number of likely N-dealkylation sites (tertiary alicyclic amines) is 1. The number of para-hydroxylation sites is 1. The minimum atomic E-state index is 0.631. The standard InChI is InChI=1S/C13H16N2S/c1-15-9-5-4-7-11(15)13-14-10-6-2-3-8-12(10)16-13/h2-3,6,8,11H,4-5,7,9H2,1H3/p+1/t11-/m0/s1. The van der Waals surface area contributed by atoms with E-state index in [1.165, 1.54) is 41.0 Å². The first-order valence-electron chi connectivity index (χ1n) is 6.02. The average molecular weight is 233 g/mol. The molecular weight excluding hydrogens is 216 g/mol. The summed E-state index contributed by atoms with van der Waals surface area (Å²) in [5.74, 6) is 0. The van der Waals surface area contributed by atoms with Crippen molar-refractivity contribution in [3.05, 3.63) is 29.3 Å². The Morgan fingerprint density at radius 3 is 3.00 bits per heavy atom. The van der Waals surface area contributed by atoms with E-state index in [2.05, 4.69) is 31.3 Å². The molecule has 84 valence electrons. The maximum absolute atomic E-state index is 4.78. The van der Waals surface area contributed by atoms with E-state index in [4.69, 9.17) is 4.98 Å². The minimum Gasteiger partial charge on any atom is -0.329 e. The van der Waals surface area contributed by atoms with Gasteiger partial charge in [-0.1, -0.05) is 12.1 Å². The van der Waals surface area contributed by atoms with Crippen LogP contribution in [0.5, 0.6) is 0 Å². The van der Waals surface area contributed by atoms with Crippen LogP contribution in [-0.4, -0.2) is 18.6 Å². The van der Waals surface area contributed by atoms with Crippen molar-refractivity contribution >= 4 is 21.6 Å². The van der Waals surface area contributed by atoms with Gasteiger partial charge in [-0.05, 0) is 25.0 Å². The Balaban J connectivity index is 1.98. The molecule has 1 N–H and O–H groups in total. The highest BCUT2D eigenvalue weighted by Crippen LogP contribution is 2.28. The van der Waals surface area contributed by atoms with Crippen molar-refractivity contribution in [1.82, 2.24) is 4.98 Å². The topological polar surface area (TPSA) is 17.3 Å². The molecule has 1 aromatic carbocycles. The molecule has 1 aliphatic heterocycles. The normalized spacial score (nSPS) is 26.1. The highest BCUT2D eigenvalue weighted by atomic mass is 32.1. The van der Waals surface area contributed by atoms with Gasteiger partial charge in [0, 0.05) is 6.42 Å². The van der Waals surface area contributed by atoms with E-state index in [0.717, 1.165) is 0 Å². The van der Waals surface area contributed by atoms with Gasteiger partial charge in [-0.25, -0.2) is 4.98 Å². The number of nitrogens with one attached hydrogen (secondary N) is 1. The summed E-state index contributed by atoms with van der Waals surface area (Å²) in [6.45, 7) is 1.29. The summed E-state index contributed by atoms with van der Waals surface area (Å²) < 4.78 is 1.33. The van der Waals surface area contributed by atoms with E-state index in [0.29, 0.717) is 6.04 Å². The van der Waals surface area contributed by atoms with Crippen LogP contribution in [0.15, 0.2) is 24.3 Å². The SMILES string of the molecule is C[NH+]1CCCC[C@H]1c1nc2ccccc2s1. The maximum atomic E-state index is 4.78. The van der Waals surface area contributed by atoms with Crippen LogP contribution in [0, 0.1) is 0 Å². The van der Waals surface area contributed by atoms with Gasteiger partial charge < -0.3 is 4.90 Å². The van der Waals surface area contributed by atoms with Crippen molar-refractivity contribution in [1.29, 1.82) is 0 Å². The average Bonchev–Trinajstić information content (AvgIpc) is 2.73. The predicted molar refractivity (Wildman–Crippen MR) is 68.0 cm³/mol. The molecule has 1 unspecified atom stereocenters. The summed E-state index contributed by atoms with van der Waals surface area (Å²) in [5, 5.41) is 1.33. The van der Waals surface area contributed by atoms with Crippen LogP contribution >= 0.6 is 11.3 Å². The molecule has 2 atom stereocenters. The Morgan fingerprint density at radius 1 is 1.31 bits per heavy atom. The van der Waals surface area contributed by atoms with E-state index in [-0.39, 0.29) is 0 Å². The van der Waals surface area contributed by atoms with E-state index in [1.54, 1.807) is 4.90 Å². The zero-order valence-corrected chi connectivity index (χ0v) is 10.4. The fraction of sp³-hybridized carbons (Fsp3) is 0.462. The van der Waals surface area contributed by atoms with Crippen molar-refractivity contribution < 1.29 is 4.90 Å². The molecule has 1 saturated heterocycles. The molecule has 0 saturated carbocycles. The lowest BCUT2D eigenvalue weighted by molar-refractivity contribution is -0.917. The van der Waals surface area contributed by atoms with Gasteiger partial charge in [0.2, 0.25) is 0 Å². The fourth-order valence-corrected chi connectivity index (χ4v) is 3.74. The van der Waals surface area contributed by atoms with Crippen LogP contribution in [0.25, 0.3) is 10.2 Å². The molecule has 3 heteroatoms. The monoisotopic (exact) mass is 233 g/mol. The van der Waals surface area contributed by atoms with E-state index in [9.17, 15) is 0 Å². The van der Waals surface area contributed by atoms with Crippen molar-refractivity contribution in [3.8, 4) is 0 Å². The third-order valence-corrected chi connectivity index (χ3v) is 4.67. The molecule has 0 radical (unpaired) electrons. The Bertz CT molecular complexity index is 458. The molecule has 1 fully saturated rings. The van der Waals surface area contributed by atoms with E-state index in [1.807, 2.05) is 11.3 Å². The molecule has 0 spiro atoms. The van der Waals surface area contributed by atoms with Crippen molar-refractivity contribution in [2.75, 3.05) is 13.6 Å². The first-order valence-corrected chi connectivity index (χ1v) is 6.84. The molecule has 2 heterocycles. The summed E-state index contributed by atoms with van der Waals surface area (Å²) >= 11 is 1.88. The summed E-state index contributed by atoms with van der Waals surface area (Å²) in [4.78, 5) is 6.41. The van der Waals surface area contributed by atoms with Crippen LogP contribution in [0.3, 0.4) is 0 Å². The quantitative estimate of drug-likeness (QED) is 0.798. The van der Waals surface area contributed by atoms with Crippen LogP contribution in [-0.2, 0) is 0 Å². The number of fused-ring (bicyclic) bond motifs is 1. The van der Waals surface area contributed by atoms with Gasteiger partial charge in [0.05, 0.1) is 23.8 Å². The minimum absolute atomic E-state index is 0.631. The highest BCUT2D eigenvalue weighted by molar-refractivity contribution is 7.18. The van der Waals surface area contributed by atoms with Crippen LogP contribution in [0.2, 0.25) is 0 Å². The number of rotatable bonds is 1. The molecule has 16 heavy (non-hydrogen) atoms. The van der Waals surface area contributed by atoms with Gasteiger partial charge in [-0.15, -0.1) is 11.3 Å². The molecule has 2 aromatic rings. The number of nitrogens with zero attached hydrogens (tertiary/aromatic N) is 1. The maximum Gasteiger partial charge on any atom is 0.151 e. The lowest BCUT2D eigenvalue weighted by Crippen LogP contribution is -3.10. The van der Waals surface area contributed by atoms with Gasteiger partial charge in [-0.3, -0.25) is 0 Å². The number of piperidine rings is 1. The molecular formula is C13H17N2S+. The van der Waals surface area contributed by atoms with E-state index >= 15 is 0 Å². The molecule has 0 aliphatic carbocycles. The summed E-state index contributed by atoms with van der Waals surface area (Å²) in [6.07, 6.45) is 4.02. The highest BCUT2D eigenvalue weighted by Gasteiger charge is 2.27. The zero-order valence-electron chi connectivity index (χ0n) is 9.57. The molecule has 2 nitrogen and oxygen atoms in total. The zero-order chi connectivity index (χ0) is 11.0. The number of quaternary nitrogens is 1. The van der Waals surface area contributed by atoms with Gasteiger partial charge in [0.1, 0.15) is 6.04 Å². The van der Waals surface area contributed by atoms with Gasteiger partial charge >= 0.3 is 0 Å². The van der Waals surface area contributed by atoms with Crippen LogP contribution in [0.4, 0.5) is 0 Å². The largest absolute Gasteiger partial charge is 0.329 e. The van der Waals surface area contributed by atoms with Crippen molar-refractivity contribution in [2.24, 2.45) is 0 Å². The number of aromatic nitrogens is 1.